The summed E-state index contributed by atoms with van der Waals surface area (Å²) >= 11 is 6.25. The fourth-order valence-electron chi connectivity index (χ4n) is 4.98. The van der Waals surface area contributed by atoms with Gasteiger partial charge in [-0.25, -0.2) is 8.42 Å². The van der Waals surface area contributed by atoms with Gasteiger partial charge in [-0.05, 0) is 60.0 Å². The summed E-state index contributed by atoms with van der Waals surface area (Å²) in [7, 11) is -4.55. The van der Waals surface area contributed by atoms with E-state index >= 15 is 0 Å². The van der Waals surface area contributed by atoms with Gasteiger partial charge < -0.3 is 10.2 Å². The molecule has 0 saturated heterocycles. The SMILES string of the molecule is CCCCNC(=O)[C@@H](Cc1ccccc1)N(Cc1cccc(Cl)c1)C(=O)CN(c1cccc(C(F)(F)F)c1)S(=O)(=O)c1ccccc1. The molecule has 0 heterocycles. The van der Waals surface area contributed by atoms with E-state index in [1.54, 1.807) is 42.5 Å². The minimum atomic E-state index is -4.77. The Hall–Kier alpha value is -4.35. The summed E-state index contributed by atoms with van der Waals surface area (Å²) in [5.41, 5.74) is -0.115. The van der Waals surface area contributed by atoms with Crippen LogP contribution in [0.2, 0.25) is 5.02 Å². The second kappa shape index (κ2) is 16.0. The molecule has 1 N–H and O–H groups in total. The highest BCUT2D eigenvalue weighted by atomic mass is 35.5. The van der Waals surface area contributed by atoms with Crippen LogP contribution in [0.1, 0.15) is 36.5 Å². The number of hydrogen-bond acceptors (Lipinski definition) is 4. The molecule has 4 rings (SSSR count). The lowest BCUT2D eigenvalue weighted by Crippen LogP contribution is -2.53. The van der Waals surface area contributed by atoms with Crippen molar-refractivity contribution in [2.24, 2.45) is 0 Å². The topological polar surface area (TPSA) is 86.8 Å². The summed E-state index contributed by atoms with van der Waals surface area (Å²) in [6, 6.07) is 25.5. The van der Waals surface area contributed by atoms with E-state index in [1.165, 1.54) is 35.2 Å². The third-order valence-corrected chi connectivity index (χ3v) is 9.44. The maximum Gasteiger partial charge on any atom is 0.416 e. The number of benzene rings is 4. The van der Waals surface area contributed by atoms with Gasteiger partial charge in [0.2, 0.25) is 11.8 Å². The smallest absolute Gasteiger partial charge is 0.354 e. The van der Waals surface area contributed by atoms with Gasteiger partial charge in [0, 0.05) is 24.5 Å². The summed E-state index contributed by atoms with van der Waals surface area (Å²) in [6.07, 6.45) is -3.15. The van der Waals surface area contributed by atoms with Crippen LogP contribution in [0.15, 0.2) is 114 Å². The highest BCUT2D eigenvalue weighted by Gasteiger charge is 2.36. The Bertz CT molecular complexity index is 1760. The number of carbonyl (C=O) groups excluding carboxylic acids is 2. The lowest BCUT2D eigenvalue weighted by atomic mass is 10.0. The van der Waals surface area contributed by atoms with Crippen LogP contribution < -0.4 is 9.62 Å². The first-order valence-electron chi connectivity index (χ1n) is 15.0. The van der Waals surface area contributed by atoms with Crippen LogP contribution in [-0.2, 0) is 38.8 Å². The van der Waals surface area contributed by atoms with E-state index in [0.717, 1.165) is 24.1 Å². The number of alkyl halides is 3. The van der Waals surface area contributed by atoms with E-state index in [2.05, 4.69) is 5.32 Å². The molecule has 47 heavy (non-hydrogen) atoms. The molecule has 0 unspecified atom stereocenters. The lowest BCUT2D eigenvalue weighted by Gasteiger charge is -2.34. The Morgan fingerprint density at radius 2 is 1.49 bits per heavy atom. The highest BCUT2D eigenvalue weighted by Crippen LogP contribution is 2.33. The molecule has 0 aliphatic carbocycles. The minimum absolute atomic E-state index is 0.0973. The van der Waals surface area contributed by atoms with E-state index in [-0.39, 0.29) is 23.5 Å². The van der Waals surface area contributed by atoms with Gasteiger partial charge in [0.15, 0.2) is 0 Å². The summed E-state index contributed by atoms with van der Waals surface area (Å²) in [5, 5.41) is 3.27. The zero-order valence-electron chi connectivity index (χ0n) is 25.7. The fraction of sp³-hybridized carbons (Fsp3) is 0.257. The van der Waals surface area contributed by atoms with Gasteiger partial charge >= 0.3 is 6.18 Å². The van der Waals surface area contributed by atoms with Gasteiger partial charge in [-0.3, -0.25) is 13.9 Å². The van der Waals surface area contributed by atoms with Gasteiger partial charge in [0.1, 0.15) is 12.6 Å². The molecule has 1 atom stereocenters. The quantitative estimate of drug-likeness (QED) is 0.143. The van der Waals surface area contributed by atoms with Crippen molar-refractivity contribution >= 4 is 39.1 Å². The third kappa shape index (κ3) is 9.59. The standard InChI is InChI=1S/C35H35ClF3N3O4S/c1-2-3-20-40-34(44)32(22-26-12-6-4-7-13-26)41(24-27-14-10-16-29(36)21-27)33(43)25-42(47(45,46)31-18-8-5-9-19-31)30-17-11-15-28(23-30)35(37,38)39/h4-19,21,23,32H,2-3,20,22,24-25H2,1H3,(H,40,44)/t32-/m1/s1. The Kier molecular flexibility index (Phi) is 12.1. The van der Waals surface area contributed by atoms with Gasteiger partial charge in [-0.2, -0.15) is 13.2 Å². The number of nitrogens with one attached hydrogen (secondary N) is 1. The summed E-state index contributed by atoms with van der Waals surface area (Å²) in [5.74, 6) is -1.25. The Morgan fingerprint density at radius 1 is 0.851 bits per heavy atom. The third-order valence-electron chi connectivity index (χ3n) is 7.41. The number of carbonyl (C=O) groups is 2. The number of unbranched alkanes of at least 4 members (excludes halogenated alkanes) is 1. The van der Waals surface area contributed by atoms with Gasteiger partial charge in [-0.1, -0.05) is 91.7 Å². The summed E-state index contributed by atoms with van der Waals surface area (Å²) < 4.78 is 69.9. The maximum absolute atomic E-state index is 14.4. The van der Waals surface area contributed by atoms with Crippen LogP contribution >= 0.6 is 11.6 Å². The highest BCUT2D eigenvalue weighted by molar-refractivity contribution is 7.92. The summed E-state index contributed by atoms with van der Waals surface area (Å²) in [4.78, 5) is 29.2. The van der Waals surface area contributed by atoms with Gasteiger partial charge in [0.05, 0.1) is 16.1 Å². The average Bonchev–Trinajstić information content (AvgIpc) is 3.05. The van der Waals surface area contributed by atoms with Crippen LogP contribution in [0.4, 0.5) is 18.9 Å². The predicted molar refractivity (Wildman–Crippen MR) is 176 cm³/mol. The van der Waals surface area contributed by atoms with E-state index in [4.69, 9.17) is 11.6 Å². The van der Waals surface area contributed by atoms with Crippen molar-refractivity contribution in [2.45, 2.75) is 49.8 Å². The number of sulfonamides is 1. The normalized spacial score (nSPS) is 12.3. The Balaban J connectivity index is 1.82. The van der Waals surface area contributed by atoms with Crippen molar-refractivity contribution in [2.75, 3.05) is 17.4 Å². The molecule has 0 aliphatic heterocycles. The zero-order chi connectivity index (χ0) is 34.0. The van der Waals surface area contributed by atoms with Crippen LogP contribution in [0.5, 0.6) is 0 Å². The number of hydrogen-bond donors (Lipinski definition) is 1. The van der Waals surface area contributed by atoms with Crippen molar-refractivity contribution in [3.63, 3.8) is 0 Å². The van der Waals surface area contributed by atoms with Crippen LogP contribution in [0, 0.1) is 0 Å². The first-order chi connectivity index (χ1) is 22.4. The molecule has 0 saturated carbocycles. The van der Waals surface area contributed by atoms with E-state index in [0.29, 0.717) is 33.9 Å². The second-order valence-electron chi connectivity index (χ2n) is 10.9. The van der Waals surface area contributed by atoms with Crippen molar-refractivity contribution in [1.29, 1.82) is 0 Å². The molecule has 4 aromatic rings. The van der Waals surface area contributed by atoms with E-state index in [1.807, 2.05) is 25.1 Å². The molecule has 4 aromatic carbocycles. The van der Waals surface area contributed by atoms with Crippen molar-refractivity contribution in [3.8, 4) is 0 Å². The first kappa shape index (κ1) is 35.5. The molecule has 0 bridgehead atoms. The molecular weight excluding hydrogens is 651 g/mol. The molecule has 0 aromatic heterocycles. The Morgan fingerprint density at radius 3 is 2.13 bits per heavy atom. The molecular formula is C35H35ClF3N3O4S. The average molecular weight is 686 g/mol. The van der Waals surface area contributed by atoms with Crippen molar-refractivity contribution < 1.29 is 31.2 Å². The summed E-state index contributed by atoms with van der Waals surface area (Å²) in [6.45, 7) is 1.32. The monoisotopic (exact) mass is 685 g/mol. The molecule has 0 aliphatic rings. The number of nitrogens with zero attached hydrogens (tertiary/aromatic N) is 2. The fourth-order valence-corrected chi connectivity index (χ4v) is 6.62. The lowest BCUT2D eigenvalue weighted by molar-refractivity contribution is -0.140. The molecule has 0 fully saturated rings. The Labute approximate surface area is 278 Å². The van der Waals surface area contributed by atoms with Crippen LogP contribution in [0.3, 0.4) is 0 Å². The van der Waals surface area contributed by atoms with E-state index in [9.17, 15) is 31.2 Å². The molecule has 7 nitrogen and oxygen atoms in total. The number of halogens is 4. The largest absolute Gasteiger partial charge is 0.416 e. The maximum atomic E-state index is 14.4. The molecule has 248 valence electrons. The molecule has 12 heteroatoms. The number of amides is 2. The van der Waals surface area contributed by atoms with Crippen molar-refractivity contribution in [1.82, 2.24) is 10.2 Å². The molecule has 0 spiro atoms. The minimum Gasteiger partial charge on any atom is -0.354 e. The zero-order valence-corrected chi connectivity index (χ0v) is 27.2. The van der Waals surface area contributed by atoms with Gasteiger partial charge in [-0.15, -0.1) is 0 Å². The first-order valence-corrected chi connectivity index (χ1v) is 16.8. The van der Waals surface area contributed by atoms with Crippen LogP contribution in [-0.4, -0.2) is 44.3 Å². The molecule has 2 amide bonds. The van der Waals surface area contributed by atoms with Gasteiger partial charge in [0.25, 0.3) is 10.0 Å². The molecule has 0 radical (unpaired) electrons. The predicted octanol–water partition coefficient (Wildman–Crippen LogP) is 7.11. The number of rotatable bonds is 14. The second-order valence-corrected chi connectivity index (χ2v) is 13.2. The van der Waals surface area contributed by atoms with Crippen molar-refractivity contribution in [3.05, 3.63) is 131 Å². The van der Waals surface area contributed by atoms with E-state index < -0.39 is 46.2 Å². The number of anilines is 1. The van der Waals surface area contributed by atoms with Crippen LogP contribution in [0.25, 0.3) is 0 Å².